The van der Waals surface area contributed by atoms with Crippen molar-refractivity contribution in [3.05, 3.63) is 15.9 Å². The molecule has 3 nitrogen and oxygen atoms in total. The maximum Gasteiger partial charge on any atom is 0.0782 e. The highest BCUT2D eigenvalue weighted by atomic mass is 79.9. The lowest BCUT2D eigenvalue weighted by Crippen LogP contribution is -2.04. The van der Waals surface area contributed by atoms with Crippen LogP contribution in [0.4, 0.5) is 0 Å². The Kier molecular flexibility index (Phi) is 3.93. The SMILES string of the molecule is CCCc1c(Br)c(CCN)nn1C. The smallest absolute Gasteiger partial charge is 0.0782 e. The third kappa shape index (κ3) is 2.31. The first-order valence-electron chi connectivity index (χ1n) is 4.61. The topological polar surface area (TPSA) is 43.8 Å². The Labute approximate surface area is 87.4 Å². The fourth-order valence-electron chi connectivity index (χ4n) is 1.40. The van der Waals surface area contributed by atoms with Crippen molar-refractivity contribution >= 4 is 15.9 Å². The van der Waals surface area contributed by atoms with E-state index in [1.165, 1.54) is 5.69 Å². The Hall–Kier alpha value is -0.350. The molecule has 1 aromatic rings. The summed E-state index contributed by atoms with van der Waals surface area (Å²) >= 11 is 3.57. The Morgan fingerprint density at radius 1 is 1.46 bits per heavy atom. The van der Waals surface area contributed by atoms with Crippen molar-refractivity contribution in [2.24, 2.45) is 12.8 Å². The minimum atomic E-state index is 0.654. The van der Waals surface area contributed by atoms with Gasteiger partial charge in [-0.1, -0.05) is 13.3 Å². The van der Waals surface area contributed by atoms with Gasteiger partial charge in [-0.2, -0.15) is 5.10 Å². The molecular formula is C9H16BrN3. The largest absolute Gasteiger partial charge is 0.330 e. The van der Waals surface area contributed by atoms with E-state index in [4.69, 9.17) is 5.73 Å². The zero-order chi connectivity index (χ0) is 9.84. The third-order valence-corrected chi connectivity index (χ3v) is 2.95. The zero-order valence-electron chi connectivity index (χ0n) is 8.18. The number of aromatic nitrogens is 2. The van der Waals surface area contributed by atoms with Crippen LogP contribution in [0.25, 0.3) is 0 Å². The number of hydrogen-bond donors (Lipinski definition) is 1. The van der Waals surface area contributed by atoms with Crippen LogP contribution in [0.2, 0.25) is 0 Å². The number of rotatable bonds is 4. The van der Waals surface area contributed by atoms with Crippen LogP contribution in [0.5, 0.6) is 0 Å². The van der Waals surface area contributed by atoms with Gasteiger partial charge in [0.15, 0.2) is 0 Å². The zero-order valence-corrected chi connectivity index (χ0v) is 9.76. The van der Waals surface area contributed by atoms with Gasteiger partial charge in [-0.3, -0.25) is 4.68 Å². The van der Waals surface area contributed by atoms with Gasteiger partial charge in [0, 0.05) is 13.5 Å². The van der Waals surface area contributed by atoms with Gasteiger partial charge in [0.25, 0.3) is 0 Å². The summed E-state index contributed by atoms with van der Waals surface area (Å²) < 4.78 is 3.08. The average Bonchev–Trinajstić information content (AvgIpc) is 2.34. The van der Waals surface area contributed by atoms with E-state index in [2.05, 4.69) is 28.0 Å². The maximum absolute atomic E-state index is 5.49. The minimum Gasteiger partial charge on any atom is -0.330 e. The maximum atomic E-state index is 5.49. The van der Waals surface area contributed by atoms with Crippen LogP contribution in [0.1, 0.15) is 24.7 Å². The summed E-state index contributed by atoms with van der Waals surface area (Å²) in [6, 6.07) is 0. The van der Waals surface area contributed by atoms with E-state index in [-0.39, 0.29) is 0 Å². The molecule has 0 saturated heterocycles. The highest BCUT2D eigenvalue weighted by molar-refractivity contribution is 9.10. The summed E-state index contributed by atoms with van der Waals surface area (Å²) in [4.78, 5) is 0. The monoisotopic (exact) mass is 245 g/mol. The molecule has 0 unspecified atom stereocenters. The standard InChI is InChI=1S/C9H16BrN3/c1-3-4-8-9(10)7(5-6-11)12-13(8)2/h3-6,11H2,1-2H3. The first-order valence-corrected chi connectivity index (χ1v) is 5.40. The number of nitrogens with two attached hydrogens (primary N) is 1. The molecule has 0 aliphatic heterocycles. The number of halogens is 1. The molecule has 13 heavy (non-hydrogen) atoms. The summed E-state index contributed by atoms with van der Waals surface area (Å²) in [6.45, 7) is 2.82. The molecule has 0 saturated carbocycles. The van der Waals surface area contributed by atoms with Crippen LogP contribution in [-0.4, -0.2) is 16.3 Å². The molecule has 1 aromatic heterocycles. The fourth-order valence-corrected chi connectivity index (χ4v) is 2.13. The lowest BCUT2D eigenvalue weighted by Gasteiger charge is -1.98. The van der Waals surface area contributed by atoms with Crippen LogP contribution in [0, 0.1) is 0 Å². The van der Waals surface area contributed by atoms with Crippen molar-refractivity contribution in [1.29, 1.82) is 0 Å². The van der Waals surface area contributed by atoms with E-state index in [0.29, 0.717) is 6.54 Å². The third-order valence-electron chi connectivity index (χ3n) is 2.04. The summed E-state index contributed by atoms with van der Waals surface area (Å²) in [5.41, 5.74) is 7.84. The molecule has 0 aliphatic carbocycles. The first kappa shape index (κ1) is 10.7. The predicted octanol–water partition coefficient (Wildman–Crippen LogP) is 1.64. The molecule has 0 spiro atoms. The molecule has 1 rings (SSSR count). The Bertz CT molecular complexity index is 281. The minimum absolute atomic E-state index is 0.654. The van der Waals surface area contributed by atoms with Crippen LogP contribution in [-0.2, 0) is 19.9 Å². The molecule has 0 aliphatic rings. The molecule has 0 radical (unpaired) electrons. The molecule has 2 N–H and O–H groups in total. The van der Waals surface area contributed by atoms with Gasteiger partial charge in [-0.25, -0.2) is 0 Å². The van der Waals surface area contributed by atoms with Crippen molar-refractivity contribution in [1.82, 2.24) is 9.78 Å². The van der Waals surface area contributed by atoms with E-state index in [0.717, 1.165) is 29.4 Å². The van der Waals surface area contributed by atoms with Crippen LogP contribution in [0.15, 0.2) is 4.47 Å². The quantitative estimate of drug-likeness (QED) is 0.877. The van der Waals surface area contributed by atoms with Crippen molar-refractivity contribution in [3.63, 3.8) is 0 Å². The molecule has 0 atom stereocenters. The molecular weight excluding hydrogens is 230 g/mol. The number of hydrogen-bond acceptors (Lipinski definition) is 2. The van der Waals surface area contributed by atoms with Crippen LogP contribution >= 0.6 is 15.9 Å². The number of aryl methyl sites for hydroxylation is 1. The Morgan fingerprint density at radius 2 is 2.15 bits per heavy atom. The summed E-state index contributed by atoms with van der Waals surface area (Å²) in [5, 5.41) is 4.41. The fraction of sp³-hybridized carbons (Fsp3) is 0.667. The van der Waals surface area contributed by atoms with E-state index in [1.54, 1.807) is 0 Å². The Morgan fingerprint density at radius 3 is 2.69 bits per heavy atom. The molecule has 74 valence electrons. The van der Waals surface area contributed by atoms with E-state index < -0.39 is 0 Å². The second kappa shape index (κ2) is 4.77. The molecule has 0 amide bonds. The summed E-state index contributed by atoms with van der Waals surface area (Å²) in [7, 11) is 1.98. The van der Waals surface area contributed by atoms with E-state index in [9.17, 15) is 0 Å². The Balaban J connectivity index is 2.92. The van der Waals surface area contributed by atoms with Crippen molar-refractivity contribution in [3.8, 4) is 0 Å². The van der Waals surface area contributed by atoms with Crippen LogP contribution < -0.4 is 5.73 Å². The predicted molar refractivity (Wildman–Crippen MR) is 57.7 cm³/mol. The average molecular weight is 246 g/mol. The molecule has 0 fully saturated rings. The van der Waals surface area contributed by atoms with Gasteiger partial charge in [0.1, 0.15) is 0 Å². The lowest BCUT2D eigenvalue weighted by molar-refractivity contribution is 0.684. The van der Waals surface area contributed by atoms with Gasteiger partial charge < -0.3 is 5.73 Å². The van der Waals surface area contributed by atoms with Gasteiger partial charge in [0.2, 0.25) is 0 Å². The molecule has 1 heterocycles. The van der Waals surface area contributed by atoms with Gasteiger partial charge in [-0.15, -0.1) is 0 Å². The first-order chi connectivity index (χ1) is 6.20. The highest BCUT2D eigenvalue weighted by Crippen LogP contribution is 2.22. The van der Waals surface area contributed by atoms with E-state index in [1.807, 2.05) is 11.7 Å². The second-order valence-corrected chi connectivity index (χ2v) is 3.91. The second-order valence-electron chi connectivity index (χ2n) is 3.12. The summed E-state index contributed by atoms with van der Waals surface area (Å²) in [5.74, 6) is 0. The van der Waals surface area contributed by atoms with Gasteiger partial charge in [0.05, 0.1) is 15.9 Å². The van der Waals surface area contributed by atoms with Gasteiger partial charge >= 0.3 is 0 Å². The van der Waals surface area contributed by atoms with E-state index >= 15 is 0 Å². The highest BCUT2D eigenvalue weighted by Gasteiger charge is 2.11. The molecule has 0 aromatic carbocycles. The van der Waals surface area contributed by atoms with Crippen LogP contribution in [0.3, 0.4) is 0 Å². The van der Waals surface area contributed by atoms with Crippen molar-refractivity contribution in [2.45, 2.75) is 26.2 Å². The normalized spacial score (nSPS) is 10.8. The summed E-state index contributed by atoms with van der Waals surface area (Å²) in [6.07, 6.45) is 3.05. The molecule has 4 heteroatoms. The van der Waals surface area contributed by atoms with Gasteiger partial charge in [-0.05, 0) is 28.9 Å². The lowest BCUT2D eigenvalue weighted by atomic mass is 10.2. The molecule has 0 bridgehead atoms. The number of nitrogens with zero attached hydrogens (tertiary/aromatic N) is 2. The van der Waals surface area contributed by atoms with Crippen molar-refractivity contribution in [2.75, 3.05) is 6.54 Å². The van der Waals surface area contributed by atoms with Crippen molar-refractivity contribution < 1.29 is 0 Å².